The number of nitrogens with one attached hydrogen (secondary N) is 2. The zero-order valence-corrected chi connectivity index (χ0v) is 15.7. The van der Waals surface area contributed by atoms with E-state index >= 15 is 0 Å². The lowest BCUT2D eigenvalue weighted by molar-refractivity contribution is -0.128. The Morgan fingerprint density at radius 1 is 1.15 bits per heavy atom. The van der Waals surface area contributed by atoms with E-state index in [1.807, 2.05) is 23.1 Å². The summed E-state index contributed by atoms with van der Waals surface area (Å²) in [5.74, 6) is 0.105. The van der Waals surface area contributed by atoms with Gasteiger partial charge in [-0.1, -0.05) is 18.2 Å². The normalized spacial score (nSPS) is 22.2. The van der Waals surface area contributed by atoms with Gasteiger partial charge in [0.2, 0.25) is 5.91 Å². The van der Waals surface area contributed by atoms with Crippen LogP contribution in [-0.2, 0) is 16.0 Å². The van der Waals surface area contributed by atoms with Gasteiger partial charge >= 0.3 is 6.03 Å². The van der Waals surface area contributed by atoms with Crippen molar-refractivity contribution in [3.8, 4) is 0 Å². The molecule has 3 aliphatic heterocycles. The second-order valence-corrected chi connectivity index (χ2v) is 7.74. The van der Waals surface area contributed by atoms with Crippen molar-refractivity contribution in [2.24, 2.45) is 5.41 Å². The van der Waals surface area contributed by atoms with Gasteiger partial charge in [-0.05, 0) is 30.9 Å². The molecule has 7 heteroatoms. The number of nitrogens with zero attached hydrogens (tertiary/aromatic N) is 2. The summed E-state index contributed by atoms with van der Waals surface area (Å²) in [6.07, 6.45) is 2.19. The van der Waals surface area contributed by atoms with E-state index in [1.165, 1.54) is 5.56 Å². The van der Waals surface area contributed by atoms with E-state index in [0.717, 1.165) is 45.0 Å². The Morgan fingerprint density at radius 3 is 2.67 bits per heavy atom. The highest BCUT2D eigenvalue weighted by Gasteiger charge is 2.44. The number of piperidine rings is 1. The van der Waals surface area contributed by atoms with E-state index in [4.69, 9.17) is 4.74 Å². The fourth-order valence-electron chi connectivity index (χ4n) is 4.30. The zero-order valence-electron chi connectivity index (χ0n) is 15.7. The fourth-order valence-corrected chi connectivity index (χ4v) is 4.30. The first-order chi connectivity index (χ1) is 13.2. The Kier molecular flexibility index (Phi) is 5.31. The number of benzene rings is 1. The van der Waals surface area contributed by atoms with Crippen LogP contribution < -0.4 is 10.6 Å². The predicted octanol–water partition coefficient (Wildman–Crippen LogP) is 1.31. The molecule has 2 fully saturated rings. The van der Waals surface area contributed by atoms with Crippen molar-refractivity contribution >= 4 is 17.6 Å². The predicted molar refractivity (Wildman–Crippen MR) is 103 cm³/mol. The second-order valence-electron chi connectivity index (χ2n) is 7.74. The molecule has 1 aromatic carbocycles. The number of morpholine rings is 1. The van der Waals surface area contributed by atoms with Crippen LogP contribution in [0.5, 0.6) is 0 Å². The number of anilines is 1. The van der Waals surface area contributed by atoms with E-state index in [2.05, 4.69) is 21.6 Å². The maximum absolute atomic E-state index is 12.7. The Labute approximate surface area is 160 Å². The quantitative estimate of drug-likeness (QED) is 0.839. The van der Waals surface area contributed by atoms with Gasteiger partial charge in [0.15, 0.2) is 0 Å². The Hall–Kier alpha value is -2.12. The van der Waals surface area contributed by atoms with Crippen molar-refractivity contribution in [3.05, 3.63) is 29.8 Å². The lowest BCUT2D eigenvalue weighted by Gasteiger charge is -2.43. The summed E-state index contributed by atoms with van der Waals surface area (Å²) >= 11 is 0. The second kappa shape index (κ2) is 7.86. The first kappa shape index (κ1) is 18.3. The topological polar surface area (TPSA) is 73.9 Å². The van der Waals surface area contributed by atoms with Crippen LogP contribution in [0.2, 0.25) is 0 Å². The molecule has 0 radical (unpaired) electrons. The largest absolute Gasteiger partial charge is 0.379 e. The van der Waals surface area contributed by atoms with E-state index in [9.17, 15) is 9.59 Å². The van der Waals surface area contributed by atoms with Crippen molar-refractivity contribution in [1.29, 1.82) is 0 Å². The van der Waals surface area contributed by atoms with E-state index in [1.54, 1.807) is 0 Å². The Morgan fingerprint density at radius 2 is 1.89 bits per heavy atom. The highest BCUT2D eigenvalue weighted by molar-refractivity contribution is 5.98. The molecular weight excluding hydrogens is 344 g/mol. The highest BCUT2D eigenvalue weighted by Crippen LogP contribution is 2.41. The summed E-state index contributed by atoms with van der Waals surface area (Å²) in [6.45, 7) is 6.15. The number of amides is 3. The van der Waals surface area contributed by atoms with Crippen LogP contribution in [0.15, 0.2) is 24.3 Å². The first-order valence-electron chi connectivity index (χ1n) is 9.89. The number of likely N-dealkylation sites (tertiary alicyclic amines) is 1. The minimum absolute atomic E-state index is 0.0188. The van der Waals surface area contributed by atoms with Crippen molar-refractivity contribution < 1.29 is 14.3 Å². The molecule has 0 aliphatic carbocycles. The van der Waals surface area contributed by atoms with Gasteiger partial charge in [-0.25, -0.2) is 4.79 Å². The molecule has 1 aromatic rings. The monoisotopic (exact) mass is 372 g/mol. The average Bonchev–Trinajstić information content (AvgIpc) is 2.70. The van der Waals surface area contributed by atoms with Crippen molar-refractivity contribution in [2.45, 2.75) is 19.3 Å². The molecule has 1 spiro atoms. The van der Waals surface area contributed by atoms with Crippen LogP contribution in [0.1, 0.15) is 18.4 Å². The number of hydrogen-bond donors (Lipinski definition) is 2. The lowest BCUT2D eigenvalue weighted by Crippen LogP contribution is -2.53. The van der Waals surface area contributed by atoms with Gasteiger partial charge < -0.3 is 20.3 Å². The molecule has 27 heavy (non-hydrogen) atoms. The molecule has 2 N–H and O–H groups in total. The maximum atomic E-state index is 12.7. The lowest BCUT2D eigenvalue weighted by atomic mass is 9.71. The standard InChI is InChI=1S/C20H28N4O3/c25-18-20(15-16-3-1-2-4-17(16)22-18)5-8-24(9-6-20)19(26)21-7-10-23-11-13-27-14-12-23/h1-4H,5-15H2,(H,21,26)(H,22,25). The van der Waals surface area contributed by atoms with Crippen molar-refractivity contribution in [2.75, 3.05) is 57.8 Å². The summed E-state index contributed by atoms with van der Waals surface area (Å²) in [5, 5.41) is 6.08. The number of ether oxygens (including phenoxy) is 1. The third-order valence-electron chi connectivity index (χ3n) is 6.09. The van der Waals surface area contributed by atoms with E-state index in [0.29, 0.717) is 32.5 Å². The van der Waals surface area contributed by atoms with Crippen LogP contribution in [0.3, 0.4) is 0 Å². The van der Waals surface area contributed by atoms with Crippen LogP contribution in [0.25, 0.3) is 0 Å². The molecule has 0 saturated carbocycles. The molecule has 4 rings (SSSR count). The number of rotatable bonds is 3. The summed E-state index contributed by atoms with van der Waals surface area (Å²) in [6, 6.07) is 7.98. The minimum Gasteiger partial charge on any atom is -0.379 e. The highest BCUT2D eigenvalue weighted by atomic mass is 16.5. The molecule has 7 nitrogen and oxygen atoms in total. The molecule has 146 valence electrons. The number of urea groups is 1. The van der Waals surface area contributed by atoms with Gasteiger partial charge in [0.25, 0.3) is 0 Å². The third-order valence-corrected chi connectivity index (χ3v) is 6.09. The maximum Gasteiger partial charge on any atom is 0.317 e. The van der Waals surface area contributed by atoms with Crippen molar-refractivity contribution in [1.82, 2.24) is 15.1 Å². The Bertz CT molecular complexity index is 694. The molecule has 0 bridgehead atoms. The summed E-state index contributed by atoms with van der Waals surface area (Å²) < 4.78 is 5.34. The fraction of sp³-hybridized carbons (Fsp3) is 0.600. The van der Waals surface area contributed by atoms with Gasteiger partial charge in [0, 0.05) is 45.0 Å². The smallest absolute Gasteiger partial charge is 0.317 e. The average molecular weight is 372 g/mol. The SMILES string of the molecule is O=C(NCCN1CCOCC1)N1CCC2(CC1)Cc1ccccc1NC2=O. The Balaban J connectivity index is 1.27. The van der Waals surface area contributed by atoms with Gasteiger partial charge in [-0.15, -0.1) is 0 Å². The van der Waals surface area contributed by atoms with Crippen LogP contribution >= 0.6 is 0 Å². The number of carbonyl (C=O) groups excluding carboxylic acids is 2. The number of hydrogen-bond acceptors (Lipinski definition) is 4. The van der Waals surface area contributed by atoms with Crippen LogP contribution in [0, 0.1) is 5.41 Å². The van der Waals surface area contributed by atoms with Gasteiger partial charge in [-0.3, -0.25) is 9.69 Å². The molecule has 0 atom stereocenters. The molecule has 0 unspecified atom stereocenters. The molecule has 0 aromatic heterocycles. The molecule has 3 aliphatic rings. The summed E-state index contributed by atoms with van der Waals surface area (Å²) in [5.41, 5.74) is 1.75. The molecule has 3 amide bonds. The van der Waals surface area contributed by atoms with Crippen molar-refractivity contribution in [3.63, 3.8) is 0 Å². The zero-order chi connectivity index (χ0) is 18.7. The number of para-hydroxylation sites is 1. The van der Waals surface area contributed by atoms with E-state index in [-0.39, 0.29) is 17.4 Å². The van der Waals surface area contributed by atoms with Gasteiger partial charge in [0.05, 0.1) is 18.6 Å². The molecule has 3 heterocycles. The number of carbonyl (C=O) groups is 2. The molecule has 2 saturated heterocycles. The van der Waals surface area contributed by atoms with Crippen LogP contribution in [0.4, 0.5) is 10.5 Å². The molecular formula is C20H28N4O3. The minimum atomic E-state index is -0.376. The van der Waals surface area contributed by atoms with Gasteiger partial charge in [-0.2, -0.15) is 0 Å². The summed E-state index contributed by atoms with van der Waals surface area (Å²) in [7, 11) is 0. The summed E-state index contributed by atoms with van der Waals surface area (Å²) in [4.78, 5) is 29.3. The van der Waals surface area contributed by atoms with Gasteiger partial charge in [0.1, 0.15) is 0 Å². The van der Waals surface area contributed by atoms with E-state index < -0.39 is 0 Å². The first-order valence-corrected chi connectivity index (χ1v) is 9.89. The van der Waals surface area contributed by atoms with Crippen LogP contribution in [-0.4, -0.2) is 74.2 Å². The number of fused-ring (bicyclic) bond motifs is 1. The third kappa shape index (κ3) is 3.94.